The minimum absolute atomic E-state index is 0.608. The van der Waals surface area contributed by atoms with Crippen molar-refractivity contribution in [2.45, 2.75) is 5.18 Å². The zero-order valence-electron chi connectivity index (χ0n) is 6.03. The average molecular weight is 174 g/mol. The van der Waals surface area contributed by atoms with Gasteiger partial charge in [-0.3, -0.25) is 9.69 Å². The van der Waals surface area contributed by atoms with Crippen LogP contribution < -0.4 is 0 Å². The zero-order chi connectivity index (χ0) is 8.32. The highest BCUT2D eigenvalue weighted by Gasteiger charge is 2.30. The van der Waals surface area contributed by atoms with Crippen LogP contribution >= 0.6 is 11.6 Å². The van der Waals surface area contributed by atoms with Crippen LogP contribution in [0.3, 0.4) is 0 Å². The topological polar surface area (TPSA) is 29.5 Å². The number of hydrogen-bond acceptors (Lipinski definition) is 2. The minimum atomic E-state index is -1.14. The van der Waals surface area contributed by atoms with Crippen LogP contribution in [0.1, 0.15) is 0 Å². The van der Waals surface area contributed by atoms with Crippen molar-refractivity contribution in [3.05, 3.63) is 24.4 Å². The fourth-order valence-corrected chi connectivity index (χ4v) is 0.954. The first-order valence-corrected chi connectivity index (χ1v) is 3.44. The van der Waals surface area contributed by atoms with Gasteiger partial charge < -0.3 is 4.74 Å². The van der Waals surface area contributed by atoms with E-state index < -0.39 is 5.18 Å². The molecule has 1 rings (SSSR count). The number of carbonyl (C=O) groups is 1. The summed E-state index contributed by atoms with van der Waals surface area (Å²) in [5.41, 5.74) is 0. The van der Waals surface area contributed by atoms with Crippen LogP contribution in [-0.4, -0.2) is 23.6 Å². The van der Waals surface area contributed by atoms with E-state index in [-0.39, 0.29) is 0 Å². The van der Waals surface area contributed by atoms with Crippen LogP contribution in [0.15, 0.2) is 24.4 Å². The second-order valence-electron chi connectivity index (χ2n) is 2.03. The summed E-state index contributed by atoms with van der Waals surface area (Å²) in [6.45, 7) is 0. The summed E-state index contributed by atoms with van der Waals surface area (Å²) < 4.78 is 4.90. The molecule has 1 heterocycles. The predicted octanol–water partition coefficient (Wildman–Crippen LogP) is 1.07. The molecule has 0 aromatic heterocycles. The van der Waals surface area contributed by atoms with Crippen molar-refractivity contribution in [3.8, 4) is 0 Å². The molecule has 0 aliphatic carbocycles. The standard InChI is InChI=1S/C7H8ClNO2/c1-11-7(8)4-2-3-5-9(7)6-10/h2-6H,1H3. The molecule has 60 valence electrons. The molecule has 1 unspecified atom stereocenters. The van der Waals surface area contributed by atoms with Crippen molar-refractivity contribution >= 4 is 18.0 Å². The van der Waals surface area contributed by atoms with Crippen LogP contribution in [0.25, 0.3) is 0 Å². The van der Waals surface area contributed by atoms with Crippen molar-refractivity contribution in [1.29, 1.82) is 0 Å². The Morgan fingerprint density at radius 1 is 1.64 bits per heavy atom. The first-order valence-electron chi connectivity index (χ1n) is 3.07. The number of nitrogens with zero attached hydrogens (tertiary/aromatic N) is 1. The van der Waals surface area contributed by atoms with Crippen LogP contribution in [-0.2, 0) is 9.53 Å². The molecule has 0 saturated heterocycles. The molecule has 0 spiro atoms. The highest BCUT2D eigenvalue weighted by Crippen LogP contribution is 2.25. The first kappa shape index (κ1) is 8.30. The predicted molar refractivity (Wildman–Crippen MR) is 41.8 cm³/mol. The van der Waals surface area contributed by atoms with E-state index in [1.54, 1.807) is 24.4 Å². The van der Waals surface area contributed by atoms with Crippen LogP contribution in [0, 0.1) is 0 Å². The Kier molecular flexibility index (Phi) is 2.31. The Hall–Kier alpha value is -0.800. The monoisotopic (exact) mass is 173 g/mol. The Balaban J connectivity index is 2.85. The van der Waals surface area contributed by atoms with E-state index in [2.05, 4.69) is 0 Å². The molecule has 11 heavy (non-hydrogen) atoms. The van der Waals surface area contributed by atoms with E-state index in [4.69, 9.17) is 16.3 Å². The quantitative estimate of drug-likeness (QED) is 0.355. The number of methoxy groups -OCH3 is 1. The Morgan fingerprint density at radius 3 is 2.82 bits per heavy atom. The molecule has 1 aliphatic heterocycles. The summed E-state index contributed by atoms with van der Waals surface area (Å²) in [5.74, 6) is 0. The van der Waals surface area contributed by atoms with Gasteiger partial charge in [-0.25, -0.2) is 0 Å². The van der Waals surface area contributed by atoms with E-state index >= 15 is 0 Å². The van der Waals surface area contributed by atoms with Crippen LogP contribution in [0.2, 0.25) is 0 Å². The molecule has 0 radical (unpaired) electrons. The fourth-order valence-electron chi connectivity index (χ4n) is 0.785. The first-order chi connectivity index (χ1) is 5.23. The van der Waals surface area contributed by atoms with E-state index in [1.165, 1.54) is 12.0 Å². The summed E-state index contributed by atoms with van der Waals surface area (Å²) in [6, 6.07) is 0. The van der Waals surface area contributed by atoms with Crippen LogP contribution in [0.4, 0.5) is 0 Å². The number of allylic oxidation sites excluding steroid dienone is 2. The van der Waals surface area contributed by atoms with Crippen molar-refractivity contribution in [3.63, 3.8) is 0 Å². The number of rotatable bonds is 2. The average Bonchev–Trinajstić information content (AvgIpc) is 2.05. The molecule has 4 heteroatoms. The summed E-state index contributed by atoms with van der Waals surface area (Å²) in [4.78, 5) is 11.6. The SMILES string of the molecule is COC1(Cl)C=CC=CN1C=O. The normalized spacial score (nSPS) is 29.1. The number of amides is 1. The van der Waals surface area contributed by atoms with Gasteiger partial charge >= 0.3 is 0 Å². The van der Waals surface area contributed by atoms with Gasteiger partial charge in [-0.1, -0.05) is 17.7 Å². The summed E-state index contributed by atoms with van der Waals surface area (Å²) in [7, 11) is 1.44. The molecule has 0 N–H and O–H groups in total. The Labute approximate surface area is 69.9 Å². The van der Waals surface area contributed by atoms with Gasteiger partial charge in [-0.05, 0) is 12.2 Å². The van der Waals surface area contributed by atoms with Crippen molar-refractivity contribution in [1.82, 2.24) is 4.90 Å². The lowest BCUT2D eigenvalue weighted by Crippen LogP contribution is -2.40. The van der Waals surface area contributed by atoms with Gasteiger partial charge in [0.2, 0.25) is 11.6 Å². The molecule has 0 fully saturated rings. The summed E-state index contributed by atoms with van der Waals surface area (Å²) >= 11 is 5.86. The molecular weight excluding hydrogens is 166 g/mol. The van der Waals surface area contributed by atoms with Gasteiger partial charge in [0.1, 0.15) is 0 Å². The minimum Gasteiger partial charge on any atom is -0.342 e. The highest BCUT2D eigenvalue weighted by atomic mass is 35.5. The van der Waals surface area contributed by atoms with Gasteiger partial charge in [0.15, 0.2) is 0 Å². The third kappa shape index (κ3) is 1.44. The van der Waals surface area contributed by atoms with Crippen molar-refractivity contribution in [2.24, 2.45) is 0 Å². The van der Waals surface area contributed by atoms with Gasteiger partial charge in [0.25, 0.3) is 0 Å². The van der Waals surface area contributed by atoms with Gasteiger partial charge in [-0.2, -0.15) is 0 Å². The molecule has 0 aromatic rings. The molecule has 0 aromatic carbocycles. The molecule has 3 nitrogen and oxygen atoms in total. The maximum Gasteiger partial charge on any atom is 0.245 e. The second-order valence-corrected chi connectivity index (χ2v) is 2.57. The third-order valence-corrected chi connectivity index (χ3v) is 1.89. The lowest BCUT2D eigenvalue weighted by molar-refractivity contribution is -0.125. The zero-order valence-corrected chi connectivity index (χ0v) is 6.78. The van der Waals surface area contributed by atoms with Crippen LogP contribution in [0.5, 0.6) is 0 Å². The smallest absolute Gasteiger partial charge is 0.245 e. The van der Waals surface area contributed by atoms with Gasteiger partial charge in [-0.15, -0.1) is 0 Å². The van der Waals surface area contributed by atoms with Gasteiger partial charge in [0, 0.05) is 13.3 Å². The maximum absolute atomic E-state index is 10.4. The maximum atomic E-state index is 10.4. The molecular formula is C7H8ClNO2. The lowest BCUT2D eigenvalue weighted by Gasteiger charge is -2.31. The highest BCUT2D eigenvalue weighted by molar-refractivity contribution is 6.24. The summed E-state index contributed by atoms with van der Waals surface area (Å²) in [5, 5.41) is -1.14. The number of alkyl halides is 1. The molecule has 0 bridgehead atoms. The number of hydrogen-bond donors (Lipinski definition) is 0. The van der Waals surface area contributed by atoms with Crippen molar-refractivity contribution in [2.75, 3.05) is 7.11 Å². The Bertz CT molecular complexity index is 214. The van der Waals surface area contributed by atoms with Gasteiger partial charge in [0.05, 0.1) is 0 Å². The summed E-state index contributed by atoms with van der Waals surface area (Å²) in [6.07, 6.45) is 7.16. The molecule has 1 atom stereocenters. The molecule has 1 aliphatic rings. The van der Waals surface area contributed by atoms with E-state index in [0.717, 1.165) is 0 Å². The Morgan fingerprint density at radius 2 is 2.36 bits per heavy atom. The lowest BCUT2D eigenvalue weighted by atomic mass is 10.3. The van der Waals surface area contributed by atoms with E-state index in [0.29, 0.717) is 6.41 Å². The molecule has 0 saturated carbocycles. The fraction of sp³-hybridized carbons (Fsp3) is 0.286. The largest absolute Gasteiger partial charge is 0.342 e. The number of halogens is 1. The third-order valence-electron chi connectivity index (χ3n) is 1.41. The van der Waals surface area contributed by atoms with E-state index in [1.807, 2.05) is 0 Å². The van der Waals surface area contributed by atoms with E-state index in [9.17, 15) is 4.79 Å². The molecule has 1 amide bonds. The number of ether oxygens (including phenoxy) is 1. The van der Waals surface area contributed by atoms with Crippen molar-refractivity contribution < 1.29 is 9.53 Å². The second kappa shape index (κ2) is 3.07. The number of carbonyl (C=O) groups excluding carboxylic acids is 1.